The molecule has 1 N–H and O–H groups in total. The fourth-order valence-electron chi connectivity index (χ4n) is 3.30. The standard InChI is InChI=1S/C15H24BrNS/c1-6-7-17-12(10-8-18-9-11(10)16)13-14(2,3)15(13,4)5/h8-9,12-13,17H,6-7H2,1-5H3. The second kappa shape index (κ2) is 4.92. The molecule has 1 fully saturated rings. The summed E-state index contributed by atoms with van der Waals surface area (Å²) in [5.74, 6) is 0.711. The number of thiophene rings is 1. The van der Waals surface area contributed by atoms with Crippen molar-refractivity contribution in [2.45, 2.75) is 47.1 Å². The number of halogens is 1. The molecule has 0 aromatic carbocycles. The Kier molecular flexibility index (Phi) is 3.97. The third kappa shape index (κ3) is 2.19. The summed E-state index contributed by atoms with van der Waals surface area (Å²) in [5, 5.41) is 8.25. The van der Waals surface area contributed by atoms with Gasteiger partial charge in [-0.25, -0.2) is 0 Å². The molecule has 102 valence electrons. The van der Waals surface area contributed by atoms with Gasteiger partial charge in [0.15, 0.2) is 0 Å². The molecule has 1 aliphatic rings. The van der Waals surface area contributed by atoms with Gasteiger partial charge in [0, 0.05) is 15.9 Å². The van der Waals surface area contributed by atoms with Crippen molar-refractivity contribution >= 4 is 27.3 Å². The molecule has 3 heteroatoms. The molecule has 1 aromatic rings. The zero-order valence-electron chi connectivity index (χ0n) is 12.0. The minimum absolute atomic E-state index is 0.416. The van der Waals surface area contributed by atoms with Gasteiger partial charge in [-0.2, -0.15) is 11.3 Å². The van der Waals surface area contributed by atoms with E-state index >= 15 is 0 Å². The molecule has 0 aliphatic heterocycles. The Morgan fingerprint density at radius 1 is 1.28 bits per heavy atom. The van der Waals surface area contributed by atoms with Crippen LogP contribution in [0.15, 0.2) is 15.2 Å². The van der Waals surface area contributed by atoms with Crippen molar-refractivity contribution in [2.24, 2.45) is 16.7 Å². The fraction of sp³-hybridized carbons (Fsp3) is 0.733. The van der Waals surface area contributed by atoms with Crippen molar-refractivity contribution in [3.63, 3.8) is 0 Å². The maximum absolute atomic E-state index is 3.76. The maximum Gasteiger partial charge on any atom is 0.0378 e. The Morgan fingerprint density at radius 2 is 1.89 bits per heavy atom. The SMILES string of the molecule is CCCNC(c1cscc1Br)C1C(C)(C)C1(C)C. The zero-order valence-corrected chi connectivity index (χ0v) is 14.4. The van der Waals surface area contributed by atoms with E-state index in [2.05, 4.69) is 66.6 Å². The molecule has 1 heterocycles. The zero-order chi connectivity index (χ0) is 13.6. The van der Waals surface area contributed by atoms with Gasteiger partial charge in [-0.15, -0.1) is 0 Å². The van der Waals surface area contributed by atoms with Crippen LogP contribution in [0.1, 0.15) is 52.6 Å². The van der Waals surface area contributed by atoms with Gasteiger partial charge >= 0.3 is 0 Å². The van der Waals surface area contributed by atoms with Crippen molar-refractivity contribution in [3.8, 4) is 0 Å². The minimum Gasteiger partial charge on any atom is -0.310 e. The highest BCUT2D eigenvalue weighted by Crippen LogP contribution is 2.72. The number of hydrogen-bond donors (Lipinski definition) is 1. The van der Waals surface area contributed by atoms with Crippen LogP contribution < -0.4 is 5.32 Å². The molecule has 18 heavy (non-hydrogen) atoms. The van der Waals surface area contributed by atoms with Crippen molar-refractivity contribution in [1.82, 2.24) is 5.32 Å². The highest BCUT2D eigenvalue weighted by molar-refractivity contribution is 9.10. The molecule has 0 bridgehead atoms. The molecule has 1 aliphatic carbocycles. The van der Waals surface area contributed by atoms with E-state index in [1.54, 1.807) is 11.3 Å². The van der Waals surface area contributed by atoms with Crippen molar-refractivity contribution in [1.29, 1.82) is 0 Å². The maximum atomic E-state index is 3.76. The first-order valence-corrected chi connectivity index (χ1v) is 8.52. The summed E-state index contributed by atoms with van der Waals surface area (Å²) in [6.45, 7) is 12.9. The predicted octanol–water partition coefficient (Wildman–Crippen LogP) is 5.23. The molecular formula is C15H24BrNS. The smallest absolute Gasteiger partial charge is 0.0378 e. The van der Waals surface area contributed by atoms with Crippen LogP contribution in [0, 0.1) is 16.7 Å². The van der Waals surface area contributed by atoms with E-state index in [-0.39, 0.29) is 0 Å². The molecule has 0 saturated heterocycles. The predicted molar refractivity (Wildman–Crippen MR) is 84.1 cm³/mol. The molecule has 1 atom stereocenters. The molecule has 0 radical (unpaired) electrons. The Balaban J connectivity index is 2.26. The van der Waals surface area contributed by atoms with Crippen molar-refractivity contribution in [2.75, 3.05) is 6.54 Å². The Morgan fingerprint density at radius 3 is 2.28 bits per heavy atom. The summed E-state index contributed by atoms with van der Waals surface area (Å²) in [7, 11) is 0. The van der Waals surface area contributed by atoms with E-state index in [4.69, 9.17) is 0 Å². The van der Waals surface area contributed by atoms with Crippen LogP contribution in [0.4, 0.5) is 0 Å². The topological polar surface area (TPSA) is 12.0 Å². The molecule has 1 saturated carbocycles. The average molecular weight is 330 g/mol. The second-order valence-corrected chi connectivity index (χ2v) is 8.13. The second-order valence-electron chi connectivity index (χ2n) is 6.53. The lowest BCUT2D eigenvalue weighted by Gasteiger charge is -2.21. The van der Waals surface area contributed by atoms with E-state index in [1.807, 2.05) is 0 Å². The van der Waals surface area contributed by atoms with E-state index in [0.29, 0.717) is 22.8 Å². The van der Waals surface area contributed by atoms with Gasteiger partial charge in [0.1, 0.15) is 0 Å². The number of hydrogen-bond acceptors (Lipinski definition) is 2. The minimum atomic E-state index is 0.416. The van der Waals surface area contributed by atoms with E-state index < -0.39 is 0 Å². The lowest BCUT2D eigenvalue weighted by atomic mass is 9.99. The summed E-state index contributed by atoms with van der Waals surface area (Å²) >= 11 is 5.49. The Bertz CT molecular complexity index is 408. The highest BCUT2D eigenvalue weighted by Gasteiger charge is 2.67. The van der Waals surface area contributed by atoms with Crippen LogP contribution in [-0.4, -0.2) is 6.54 Å². The van der Waals surface area contributed by atoms with Crippen LogP contribution in [0.3, 0.4) is 0 Å². The first-order chi connectivity index (χ1) is 8.34. The number of rotatable bonds is 5. The van der Waals surface area contributed by atoms with Crippen LogP contribution in [0.2, 0.25) is 0 Å². The monoisotopic (exact) mass is 329 g/mol. The third-order valence-electron chi connectivity index (χ3n) is 5.06. The van der Waals surface area contributed by atoms with Gasteiger partial charge in [-0.1, -0.05) is 34.6 Å². The Labute approximate surface area is 123 Å². The summed E-state index contributed by atoms with van der Waals surface area (Å²) in [5.41, 5.74) is 2.27. The molecule has 1 aromatic heterocycles. The molecule has 1 nitrogen and oxygen atoms in total. The van der Waals surface area contributed by atoms with E-state index in [9.17, 15) is 0 Å². The normalized spacial score (nSPS) is 23.0. The van der Waals surface area contributed by atoms with Crippen LogP contribution in [-0.2, 0) is 0 Å². The average Bonchev–Trinajstić information content (AvgIpc) is 2.64. The third-order valence-corrected chi connectivity index (χ3v) is 6.81. The number of nitrogens with one attached hydrogen (secondary N) is 1. The van der Waals surface area contributed by atoms with Crippen LogP contribution in [0.5, 0.6) is 0 Å². The molecule has 0 amide bonds. The molecule has 1 unspecified atom stereocenters. The molecular weight excluding hydrogens is 306 g/mol. The summed E-state index contributed by atoms with van der Waals surface area (Å²) in [4.78, 5) is 0. The van der Waals surface area contributed by atoms with Gasteiger partial charge in [-0.3, -0.25) is 0 Å². The highest BCUT2D eigenvalue weighted by atomic mass is 79.9. The van der Waals surface area contributed by atoms with Gasteiger partial charge in [-0.05, 0) is 56.6 Å². The van der Waals surface area contributed by atoms with Gasteiger partial charge in [0.05, 0.1) is 0 Å². The lowest BCUT2D eigenvalue weighted by molar-refractivity contribution is 0.410. The lowest BCUT2D eigenvalue weighted by Crippen LogP contribution is -2.26. The van der Waals surface area contributed by atoms with Crippen molar-refractivity contribution < 1.29 is 0 Å². The van der Waals surface area contributed by atoms with Crippen LogP contribution in [0.25, 0.3) is 0 Å². The Hall–Kier alpha value is 0.140. The first-order valence-electron chi connectivity index (χ1n) is 6.79. The molecule has 0 spiro atoms. The van der Waals surface area contributed by atoms with E-state index in [1.165, 1.54) is 16.5 Å². The summed E-state index contributed by atoms with van der Waals surface area (Å²) in [6, 6.07) is 0.482. The van der Waals surface area contributed by atoms with E-state index in [0.717, 1.165) is 6.54 Å². The van der Waals surface area contributed by atoms with Crippen molar-refractivity contribution in [3.05, 3.63) is 20.8 Å². The van der Waals surface area contributed by atoms with Crippen LogP contribution >= 0.6 is 27.3 Å². The van der Waals surface area contributed by atoms with Gasteiger partial charge in [0.2, 0.25) is 0 Å². The summed E-state index contributed by atoms with van der Waals surface area (Å²) < 4.78 is 1.26. The largest absolute Gasteiger partial charge is 0.310 e. The molecule has 2 rings (SSSR count). The van der Waals surface area contributed by atoms with Gasteiger partial charge in [0.25, 0.3) is 0 Å². The quantitative estimate of drug-likeness (QED) is 0.779. The first kappa shape index (κ1) is 14.5. The summed E-state index contributed by atoms with van der Waals surface area (Å²) in [6.07, 6.45) is 1.19. The van der Waals surface area contributed by atoms with Gasteiger partial charge < -0.3 is 5.32 Å². The fourth-order valence-corrected chi connectivity index (χ4v) is 4.88.